The van der Waals surface area contributed by atoms with Gasteiger partial charge in [0.15, 0.2) is 0 Å². The van der Waals surface area contributed by atoms with Crippen LogP contribution in [0.25, 0.3) is 0 Å². The minimum atomic E-state index is -0.0240. The maximum Gasteiger partial charge on any atom is 0.122 e. The number of para-hydroxylation sites is 1. The molecule has 19 heavy (non-hydrogen) atoms. The second kappa shape index (κ2) is 7.51. The van der Waals surface area contributed by atoms with Crippen LogP contribution in [0.15, 0.2) is 24.3 Å². The summed E-state index contributed by atoms with van der Waals surface area (Å²) < 4.78 is 5.44. The Kier molecular flexibility index (Phi) is 6.32. The van der Waals surface area contributed by atoms with Crippen LogP contribution < -0.4 is 10.5 Å². The van der Waals surface area contributed by atoms with Crippen LogP contribution in [0, 0.1) is 0 Å². The van der Waals surface area contributed by atoms with E-state index in [1.165, 1.54) is 18.4 Å². The highest BCUT2D eigenvalue weighted by atomic mass is 16.5. The molecule has 0 fully saturated rings. The predicted octanol–water partition coefficient (Wildman–Crippen LogP) is 2.69. The Labute approximate surface area is 117 Å². The normalized spacial score (nSPS) is 14.4. The van der Waals surface area contributed by atoms with Crippen molar-refractivity contribution in [3.05, 3.63) is 29.8 Å². The summed E-state index contributed by atoms with van der Waals surface area (Å²) in [7, 11) is 3.89. The number of methoxy groups -OCH3 is 1. The minimum Gasteiger partial charge on any atom is -0.496 e. The second-order valence-electron chi connectivity index (χ2n) is 5.46. The summed E-state index contributed by atoms with van der Waals surface area (Å²) >= 11 is 0. The van der Waals surface area contributed by atoms with Crippen LogP contribution in [0.3, 0.4) is 0 Å². The molecule has 0 heterocycles. The largest absolute Gasteiger partial charge is 0.496 e. The molecule has 0 aliphatic carbocycles. The van der Waals surface area contributed by atoms with Crippen molar-refractivity contribution in [2.45, 2.75) is 38.6 Å². The van der Waals surface area contributed by atoms with E-state index in [4.69, 9.17) is 10.5 Å². The number of likely N-dealkylation sites (N-methyl/N-ethyl adjacent to an activating group) is 1. The lowest BCUT2D eigenvalue weighted by atomic mass is 9.90. The fraction of sp³-hybridized carbons (Fsp3) is 0.625. The molecule has 1 aromatic carbocycles. The van der Waals surface area contributed by atoms with Crippen LogP contribution in [0.2, 0.25) is 0 Å². The molecule has 0 radical (unpaired) electrons. The third kappa shape index (κ3) is 4.22. The third-order valence-electron chi connectivity index (χ3n) is 3.97. The first-order valence-corrected chi connectivity index (χ1v) is 7.10. The highest BCUT2D eigenvalue weighted by Crippen LogP contribution is 2.25. The van der Waals surface area contributed by atoms with Crippen molar-refractivity contribution in [1.82, 2.24) is 4.90 Å². The Bertz CT molecular complexity index is 381. The monoisotopic (exact) mass is 264 g/mol. The summed E-state index contributed by atoms with van der Waals surface area (Å²) in [6, 6.07) is 8.20. The Morgan fingerprint density at radius 2 is 2.00 bits per heavy atom. The summed E-state index contributed by atoms with van der Waals surface area (Å²) in [6.07, 6.45) is 3.32. The number of rotatable bonds is 8. The van der Waals surface area contributed by atoms with Gasteiger partial charge in [-0.2, -0.15) is 0 Å². The van der Waals surface area contributed by atoms with Gasteiger partial charge in [-0.15, -0.1) is 0 Å². The van der Waals surface area contributed by atoms with Gasteiger partial charge in [0.1, 0.15) is 5.75 Å². The van der Waals surface area contributed by atoms with Crippen molar-refractivity contribution in [3.63, 3.8) is 0 Å². The van der Waals surface area contributed by atoms with Crippen molar-refractivity contribution in [2.24, 2.45) is 5.73 Å². The first kappa shape index (κ1) is 16.0. The molecule has 0 amide bonds. The number of ether oxygens (including phenoxy) is 1. The molecular formula is C16H28N2O. The number of hydrogen-bond donors (Lipinski definition) is 1. The Morgan fingerprint density at radius 3 is 2.58 bits per heavy atom. The molecule has 1 atom stereocenters. The molecule has 3 heteroatoms. The van der Waals surface area contributed by atoms with Crippen molar-refractivity contribution in [2.75, 3.05) is 27.2 Å². The molecule has 0 saturated heterocycles. The van der Waals surface area contributed by atoms with Crippen LogP contribution in [-0.4, -0.2) is 37.7 Å². The summed E-state index contributed by atoms with van der Waals surface area (Å²) in [6.45, 7) is 6.17. The Morgan fingerprint density at radius 1 is 1.32 bits per heavy atom. The summed E-state index contributed by atoms with van der Waals surface area (Å²) in [5.74, 6) is 0.950. The summed E-state index contributed by atoms with van der Waals surface area (Å²) in [5.41, 5.74) is 7.24. The molecule has 108 valence electrons. The molecule has 0 aromatic heterocycles. The molecule has 0 aliphatic rings. The minimum absolute atomic E-state index is 0.0240. The SMILES string of the molecule is CCCCN(C)C(C)(CN)Cc1ccccc1OC. The second-order valence-corrected chi connectivity index (χ2v) is 5.46. The van der Waals surface area contributed by atoms with E-state index in [-0.39, 0.29) is 5.54 Å². The lowest BCUT2D eigenvalue weighted by Crippen LogP contribution is -2.51. The van der Waals surface area contributed by atoms with Crippen LogP contribution in [0.1, 0.15) is 32.3 Å². The van der Waals surface area contributed by atoms with E-state index < -0.39 is 0 Å². The highest BCUT2D eigenvalue weighted by Gasteiger charge is 2.28. The van der Waals surface area contributed by atoms with E-state index in [0.717, 1.165) is 18.7 Å². The van der Waals surface area contributed by atoms with Gasteiger partial charge in [-0.05, 0) is 45.0 Å². The maximum absolute atomic E-state index is 6.04. The molecule has 1 rings (SSSR count). The van der Waals surface area contributed by atoms with Crippen molar-refractivity contribution < 1.29 is 4.74 Å². The van der Waals surface area contributed by atoms with Crippen molar-refractivity contribution in [1.29, 1.82) is 0 Å². The lowest BCUT2D eigenvalue weighted by molar-refractivity contribution is 0.141. The van der Waals surface area contributed by atoms with Gasteiger partial charge >= 0.3 is 0 Å². The van der Waals surface area contributed by atoms with Crippen LogP contribution >= 0.6 is 0 Å². The van der Waals surface area contributed by atoms with Gasteiger partial charge in [-0.25, -0.2) is 0 Å². The quantitative estimate of drug-likeness (QED) is 0.784. The zero-order chi connectivity index (χ0) is 14.3. The van der Waals surface area contributed by atoms with E-state index in [1.807, 2.05) is 12.1 Å². The fourth-order valence-corrected chi connectivity index (χ4v) is 2.29. The number of nitrogens with zero attached hydrogens (tertiary/aromatic N) is 1. The number of unbranched alkanes of at least 4 members (excludes halogenated alkanes) is 1. The van der Waals surface area contributed by atoms with E-state index in [1.54, 1.807) is 7.11 Å². The molecule has 1 unspecified atom stereocenters. The molecule has 0 bridgehead atoms. The summed E-state index contributed by atoms with van der Waals surface area (Å²) in [4.78, 5) is 2.38. The van der Waals surface area contributed by atoms with E-state index >= 15 is 0 Å². The van der Waals surface area contributed by atoms with Crippen molar-refractivity contribution in [3.8, 4) is 5.75 Å². The van der Waals surface area contributed by atoms with Gasteiger partial charge in [0.25, 0.3) is 0 Å². The van der Waals surface area contributed by atoms with Crippen molar-refractivity contribution >= 4 is 0 Å². The van der Waals surface area contributed by atoms with Gasteiger partial charge in [-0.1, -0.05) is 31.5 Å². The number of benzene rings is 1. The van der Waals surface area contributed by atoms with Gasteiger partial charge in [0, 0.05) is 12.1 Å². The molecule has 0 saturated carbocycles. The first-order chi connectivity index (χ1) is 9.07. The average molecular weight is 264 g/mol. The van der Waals surface area contributed by atoms with Gasteiger partial charge < -0.3 is 10.5 Å². The van der Waals surface area contributed by atoms with Crippen LogP contribution in [0.5, 0.6) is 5.75 Å². The number of hydrogen-bond acceptors (Lipinski definition) is 3. The molecule has 2 N–H and O–H groups in total. The molecule has 0 aliphatic heterocycles. The fourth-order valence-electron chi connectivity index (χ4n) is 2.29. The standard InChI is InChI=1S/C16H28N2O/c1-5-6-11-18(3)16(2,13-17)12-14-9-7-8-10-15(14)19-4/h7-10H,5-6,11-13,17H2,1-4H3. The molecule has 1 aromatic rings. The number of nitrogens with two attached hydrogens (primary N) is 1. The van der Waals surface area contributed by atoms with E-state index in [9.17, 15) is 0 Å². The topological polar surface area (TPSA) is 38.5 Å². The van der Waals surface area contributed by atoms with Gasteiger partial charge in [0.05, 0.1) is 7.11 Å². The zero-order valence-corrected chi connectivity index (χ0v) is 12.8. The summed E-state index contributed by atoms with van der Waals surface area (Å²) in [5, 5.41) is 0. The predicted molar refractivity (Wildman–Crippen MR) is 81.7 cm³/mol. The molecule has 0 spiro atoms. The third-order valence-corrected chi connectivity index (χ3v) is 3.97. The Hall–Kier alpha value is -1.06. The first-order valence-electron chi connectivity index (χ1n) is 7.10. The smallest absolute Gasteiger partial charge is 0.122 e. The van der Waals surface area contributed by atoms with Crippen LogP contribution in [-0.2, 0) is 6.42 Å². The molecule has 3 nitrogen and oxygen atoms in total. The van der Waals surface area contributed by atoms with Gasteiger partial charge in [0.2, 0.25) is 0 Å². The maximum atomic E-state index is 6.04. The highest BCUT2D eigenvalue weighted by molar-refractivity contribution is 5.34. The van der Waals surface area contributed by atoms with Crippen LogP contribution in [0.4, 0.5) is 0 Å². The Balaban J connectivity index is 2.84. The van der Waals surface area contributed by atoms with E-state index in [2.05, 4.69) is 37.9 Å². The zero-order valence-electron chi connectivity index (χ0n) is 12.8. The van der Waals surface area contributed by atoms with Gasteiger partial charge in [-0.3, -0.25) is 4.90 Å². The average Bonchev–Trinajstić information content (AvgIpc) is 2.45. The lowest BCUT2D eigenvalue weighted by Gasteiger charge is -2.38. The molecular weight excluding hydrogens is 236 g/mol. The van der Waals surface area contributed by atoms with E-state index in [0.29, 0.717) is 6.54 Å².